The molecule has 6 nitrogen and oxygen atoms in total. The molecule has 132 valence electrons. The molecule has 0 unspecified atom stereocenters. The van der Waals surface area contributed by atoms with Crippen LogP contribution in [-0.4, -0.2) is 48.5 Å². The van der Waals surface area contributed by atoms with Crippen LogP contribution in [0.25, 0.3) is 0 Å². The van der Waals surface area contributed by atoms with E-state index in [0.717, 1.165) is 0 Å². The van der Waals surface area contributed by atoms with E-state index >= 15 is 0 Å². The molecule has 0 spiro atoms. The maximum absolute atomic E-state index is 11.9. The molecule has 9 heteroatoms. The number of ether oxygens (including phenoxy) is 5. The Labute approximate surface area is 146 Å². The van der Waals surface area contributed by atoms with Gasteiger partial charge in [-0.1, -0.05) is 34.8 Å². The van der Waals surface area contributed by atoms with Gasteiger partial charge in [0.05, 0.1) is 19.6 Å². The Morgan fingerprint density at radius 2 is 1.36 bits per heavy atom. The lowest BCUT2D eigenvalue weighted by atomic mass is 10.3. The molecule has 0 fully saturated rings. The van der Waals surface area contributed by atoms with Crippen LogP contribution in [0.3, 0.4) is 0 Å². The number of esters is 1. The van der Waals surface area contributed by atoms with Crippen LogP contribution in [0.4, 0.5) is 0 Å². The molecule has 0 atom stereocenters. The minimum Gasteiger partial charge on any atom is -0.404 e. The summed E-state index contributed by atoms with van der Waals surface area (Å²) < 4.78 is 24.7. The van der Waals surface area contributed by atoms with Crippen LogP contribution >= 0.6 is 34.8 Å². The van der Waals surface area contributed by atoms with E-state index < -0.39 is 22.0 Å². The highest BCUT2D eigenvalue weighted by atomic mass is 35.6. The van der Waals surface area contributed by atoms with E-state index in [0.29, 0.717) is 13.2 Å². The number of alkyl halides is 3. The molecule has 0 heterocycles. The second-order valence-corrected chi connectivity index (χ2v) is 6.26. The molecule has 0 aliphatic carbocycles. The number of halogens is 3. The summed E-state index contributed by atoms with van der Waals surface area (Å²) >= 11 is 16.6. The van der Waals surface area contributed by atoms with Gasteiger partial charge in [-0.05, 0) is 27.7 Å². The second-order valence-electron chi connectivity index (χ2n) is 3.98. The van der Waals surface area contributed by atoms with E-state index in [1.165, 1.54) is 0 Å². The normalized spacial score (nSPS) is 12.7. The zero-order chi connectivity index (χ0) is 17.2. The van der Waals surface area contributed by atoms with Gasteiger partial charge >= 0.3 is 11.9 Å². The third-order valence-corrected chi connectivity index (χ3v) is 2.79. The molecule has 0 rings (SSSR count). The fourth-order valence-electron chi connectivity index (χ4n) is 1.64. The van der Waals surface area contributed by atoms with Crippen LogP contribution in [0.15, 0.2) is 0 Å². The summed E-state index contributed by atoms with van der Waals surface area (Å²) in [6.07, 6.45) is -0.723. The summed E-state index contributed by atoms with van der Waals surface area (Å²) in [4.78, 5) is 11.9. The van der Waals surface area contributed by atoms with Crippen molar-refractivity contribution >= 4 is 40.8 Å². The van der Waals surface area contributed by atoms with E-state index in [2.05, 4.69) is 0 Å². The molecule has 0 saturated heterocycles. The molecule has 0 aliphatic rings. The SMILES string of the molecule is CCOC(CC(OCC)(OCC)OC(=O)C(Cl)(Cl)Cl)OCC. The van der Waals surface area contributed by atoms with Crippen molar-refractivity contribution in [1.29, 1.82) is 0 Å². The molecular formula is C13H23Cl3O6. The van der Waals surface area contributed by atoms with Gasteiger partial charge in [0.2, 0.25) is 0 Å². The molecule has 0 radical (unpaired) electrons. The van der Waals surface area contributed by atoms with Gasteiger partial charge in [0.15, 0.2) is 6.29 Å². The Balaban J connectivity index is 5.23. The predicted molar refractivity (Wildman–Crippen MR) is 84.0 cm³/mol. The zero-order valence-corrected chi connectivity index (χ0v) is 15.5. The van der Waals surface area contributed by atoms with Crippen molar-refractivity contribution in [1.82, 2.24) is 0 Å². The summed E-state index contributed by atoms with van der Waals surface area (Å²) in [6, 6.07) is 0. The highest BCUT2D eigenvalue weighted by Crippen LogP contribution is 2.32. The summed E-state index contributed by atoms with van der Waals surface area (Å²) in [5, 5.41) is 0. The quantitative estimate of drug-likeness (QED) is 0.310. The molecule has 0 amide bonds. The van der Waals surface area contributed by atoms with Crippen LogP contribution in [0.2, 0.25) is 0 Å². The molecule has 22 heavy (non-hydrogen) atoms. The lowest BCUT2D eigenvalue weighted by Crippen LogP contribution is -2.47. The first-order valence-electron chi connectivity index (χ1n) is 7.05. The molecule has 0 bridgehead atoms. The van der Waals surface area contributed by atoms with Gasteiger partial charge in [0.25, 0.3) is 3.79 Å². The van der Waals surface area contributed by atoms with Crippen LogP contribution in [0.5, 0.6) is 0 Å². The Morgan fingerprint density at radius 3 is 1.68 bits per heavy atom. The van der Waals surface area contributed by atoms with Crippen molar-refractivity contribution in [3.05, 3.63) is 0 Å². The standard InChI is InChI=1S/C13H23Cl3O6/c1-5-18-10(19-6-2)9-12(20-7-3,21-8-4)22-11(17)13(14,15)16/h10H,5-9H2,1-4H3. The molecule has 0 N–H and O–H groups in total. The smallest absolute Gasteiger partial charge is 0.362 e. The predicted octanol–water partition coefficient (Wildman–Crippen LogP) is 3.42. The summed E-state index contributed by atoms with van der Waals surface area (Å²) in [7, 11) is 0. The maximum atomic E-state index is 11.9. The van der Waals surface area contributed by atoms with Crippen LogP contribution < -0.4 is 0 Å². The van der Waals surface area contributed by atoms with Crippen molar-refractivity contribution < 1.29 is 28.5 Å². The van der Waals surface area contributed by atoms with Gasteiger partial charge in [-0.15, -0.1) is 0 Å². The first-order valence-corrected chi connectivity index (χ1v) is 8.19. The Hall–Kier alpha value is 0.180. The first kappa shape index (κ1) is 22.2. The fourth-order valence-corrected chi connectivity index (χ4v) is 1.76. The number of carbonyl (C=O) groups is 1. The number of hydrogen-bond acceptors (Lipinski definition) is 6. The van der Waals surface area contributed by atoms with Crippen molar-refractivity contribution in [2.75, 3.05) is 26.4 Å². The van der Waals surface area contributed by atoms with Crippen molar-refractivity contribution in [2.24, 2.45) is 0 Å². The van der Waals surface area contributed by atoms with Gasteiger partial charge in [0, 0.05) is 13.2 Å². The third kappa shape index (κ3) is 8.15. The van der Waals surface area contributed by atoms with Crippen molar-refractivity contribution in [3.63, 3.8) is 0 Å². The molecule has 0 aromatic carbocycles. The molecule has 0 aromatic heterocycles. The summed E-state index contributed by atoms with van der Waals surface area (Å²) in [6.45, 7) is 8.26. The van der Waals surface area contributed by atoms with E-state index in [1.54, 1.807) is 13.8 Å². The van der Waals surface area contributed by atoms with Crippen molar-refractivity contribution in [3.8, 4) is 0 Å². The first-order chi connectivity index (χ1) is 10.2. The van der Waals surface area contributed by atoms with Gasteiger partial charge < -0.3 is 23.7 Å². The zero-order valence-electron chi connectivity index (χ0n) is 13.2. The van der Waals surface area contributed by atoms with Gasteiger partial charge in [-0.2, -0.15) is 0 Å². The number of rotatable bonds is 11. The minimum absolute atomic E-state index is 0.0250. The molecular weight excluding hydrogens is 358 g/mol. The van der Waals surface area contributed by atoms with Crippen molar-refractivity contribution in [2.45, 2.75) is 50.2 Å². The Kier molecular flexibility index (Phi) is 11.0. The van der Waals surface area contributed by atoms with Crippen LogP contribution in [-0.2, 0) is 28.5 Å². The topological polar surface area (TPSA) is 63.2 Å². The van der Waals surface area contributed by atoms with Crippen LogP contribution in [0.1, 0.15) is 34.1 Å². The highest BCUT2D eigenvalue weighted by Gasteiger charge is 2.45. The Morgan fingerprint density at radius 1 is 0.909 bits per heavy atom. The van der Waals surface area contributed by atoms with E-state index in [9.17, 15) is 4.79 Å². The molecule has 0 saturated carbocycles. The lowest BCUT2D eigenvalue weighted by Gasteiger charge is -2.35. The number of hydrogen-bond donors (Lipinski definition) is 0. The van der Waals surface area contributed by atoms with E-state index in [4.69, 9.17) is 58.5 Å². The van der Waals surface area contributed by atoms with Gasteiger partial charge in [-0.25, -0.2) is 4.79 Å². The lowest BCUT2D eigenvalue weighted by molar-refractivity contribution is -0.380. The average molecular weight is 382 g/mol. The third-order valence-electron chi connectivity index (χ3n) is 2.33. The van der Waals surface area contributed by atoms with E-state index in [-0.39, 0.29) is 19.6 Å². The molecule has 0 aliphatic heterocycles. The maximum Gasteiger partial charge on any atom is 0.362 e. The number of carbonyl (C=O) groups excluding carboxylic acids is 1. The minimum atomic E-state index is -2.24. The highest BCUT2D eigenvalue weighted by molar-refractivity contribution is 6.75. The fraction of sp³-hybridized carbons (Fsp3) is 0.923. The van der Waals surface area contributed by atoms with Crippen LogP contribution in [0, 0.1) is 0 Å². The summed E-state index contributed by atoms with van der Waals surface area (Å²) in [5.74, 6) is -2.86. The monoisotopic (exact) mass is 380 g/mol. The molecule has 0 aromatic rings. The van der Waals surface area contributed by atoms with Gasteiger partial charge in [-0.3, -0.25) is 0 Å². The largest absolute Gasteiger partial charge is 0.404 e. The van der Waals surface area contributed by atoms with Gasteiger partial charge in [0.1, 0.15) is 0 Å². The Bertz CT molecular complexity index is 309. The average Bonchev–Trinajstić information content (AvgIpc) is 2.38. The second kappa shape index (κ2) is 10.9. The van der Waals surface area contributed by atoms with E-state index in [1.807, 2.05) is 13.8 Å². The summed E-state index contributed by atoms with van der Waals surface area (Å²) in [5.41, 5.74) is 0.